The van der Waals surface area contributed by atoms with Gasteiger partial charge < -0.3 is 16.0 Å². The molecule has 0 aliphatic heterocycles. The van der Waals surface area contributed by atoms with Gasteiger partial charge in [0.05, 0.1) is 0 Å². The number of carbonyl (C=O) groups excluding carboxylic acids is 2. The first kappa shape index (κ1) is 51.8. The van der Waals surface area contributed by atoms with Crippen molar-refractivity contribution in [2.24, 2.45) is 0 Å². The quantitative estimate of drug-likeness (QED) is 0.0984. The number of rotatable bonds is 18. The molecule has 0 aliphatic rings. The maximum absolute atomic E-state index is 13.7. The largest absolute Gasteiger partial charge is 0.460 e. The van der Waals surface area contributed by atoms with Gasteiger partial charge >= 0.3 is 83.4 Å². The van der Waals surface area contributed by atoms with Crippen LogP contribution in [0.2, 0.25) is 0 Å². The molecular formula is C20H11F30N3O2. The van der Waals surface area contributed by atoms with E-state index in [-0.39, 0.29) is 0 Å². The highest BCUT2D eigenvalue weighted by Crippen LogP contribution is 2.64. The van der Waals surface area contributed by atoms with Crippen molar-refractivity contribution in [2.75, 3.05) is 26.2 Å². The Morgan fingerprint density at radius 3 is 0.655 bits per heavy atom. The second kappa shape index (κ2) is 14.3. The molecule has 2 amide bonds. The van der Waals surface area contributed by atoms with Crippen LogP contribution < -0.4 is 16.0 Å². The Labute approximate surface area is 280 Å². The summed E-state index contributed by atoms with van der Waals surface area (Å²) in [5, 5.41) is 2.24. The summed E-state index contributed by atoms with van der Waals surface area (Å²) in [5.41, 5.74) is 0. The zero-order chi connectivity index (χ0) is 45.1. The van der Waals surface area contributed by atoms with Gasteiger partial charge in [0.25, 0.3) is 11.8 Å². The Bertz CT molecular complexity index is 1280. The fraction of sp³-hybridized carbons (Fsp3) is 0.900. The molecule has 0 saturated carbocycles. The van der Waals surface area contributed by atoms with E-state index in [2.05, 4.69) is 0 Å². The normalized spacial score (nSPS) is 16.0. The molecule has 0 aromatic heterocycles. The molecule has 0 spiro atoms. The lowest BCUT2D eigenvalue weighted by molar-refractivity contribution is -0.449. The molecule has 0 heterocycles. The van der Waals surface area contributed by atoms with Crippen molar-refractivity contribution < 1.29 is 141 Å². The molecule has 55 heavy (non-hydrogen) atoms. The third kappa shape index (κ3) is 7.52. The van der Waals surface area contributed by atoms with Gasteiger partial charge in [-0.25, -0.2) is 0 Å². The van der Waals surface area contributed by atoms with Crippen LogP contribution in [0.5, 0.6) is 0 Å². The monoisotopic (exact) mass is 895 g/mol. The summed E-state index contributed by atoms with van der Waals surface area (Å²) in [4.78, 5) is 22.5. The predicted octanol–water partition coefficient (Wildman–Crippen LogP) is 7.56. The Morgan fingerprint density at radius 2 is 0.455 bits per heavy atom. The van der Waals surface area contributed by atoms with Crippen molar-refractivity contribution in [1.29, 1.82) is 0 Å². The first-order chi connectivity index (χ1) is 23.5. The molecule has 0 fully saturated rings. The zero-order valence-electron chi connectivity index (χ0n) is 24.5. The Morgan fingerprint density at radius 1 is 0.273 bits per heavy atom. The van der Waals surface area contributed by atoms with E-state index < -0.39 is 121 Å². The lowest BCUT2D eigenvalue weighted by Gasteiger charge is -2.41. The molecule has 0 aromatic carbocycles. The second-order valence-corrected chi connectivity index (χ2v) is 10.2. The van der Waals surface area contributed by atoms with Gasteiger partial charge in [-0.1, -0.05) is 0 Å². The molecular weight excluding hydrogens is 884 g/mol. The van der Waals surface area contributed by atoms with Crippen LogP contribution in [0.1, 0.15) is 0 Å². The average Bonchev–Trinajstić information content (AvgIpc) is 2.97. The van der Waals surface area contributed by atoms with E-state index in [0.717, 1.165) is 0 Å². The summed E-state index contributed by atoms with van der Waals surface area (Å²) in [6.07, 6.45) is -15.9. The third-order valence-electron chi connectivity index (χ3n) is 6.40. The van der Waals surface area contributed by atoms with E-state index in [9.17, 15) is 141 Å². The molecule has 0 atom stereocenters. The third-order valence-corrected chi connectivity index (χ3v) is 6.40. The topological polar surface area (TPSA) is 70.2 Å². The fourth-order valence-corrected chi connectivity index (χ4v) is 3.09. The van der Waals surface area contributed by atoms with Crippen LogP contribution in [0.3, 0.4) is 0 Å². The fourth-order valence-electron chi connectivity index (χ4n) is 3.09. The van der Waals surface area contributed by atoms with E-state index in [0.29, 0.717) is 10.6 Å². The van der Waals surface area contributed by atoms with Gasteiger partial charge in [0.1, 0.15) is 0 Å². The van der Waals surface area contributed by atoms with Gasteiger partial charge in [-0.05, 0) is 0 Å². The molecule has 0 aliphatic carbocycles. The minimum absolute atomic E-state index is 0.381. The number of hydrogen-bond donors (Lipinski definition) is 3. The number of amides is 2. The smallest absolute Gasteiger partial charge is 0.349 e. The number of halogens is 30. The molecule has 5 nitrogen and oxygen atoms in total. The van der Waals surface area contributed by atoms with Crippen molar-refractivity contribution in [1.82, 2.24) is 16.0 Å². The van der Waals surface area contributed by atoms with Gasteiger partial charge in [-0.2, -0.15) is 132 Å². The summed E-state index contributed by atoms with van der Waals surface area (Å²) in [5.74, 6) is -108. The van der Waals surface area contributed by atoms with E-state index in [1.807, 2.05) is 0 Å². The minimum atomic E-state index is -8.76. The van der Waals surface area contributed by atoms with E-state index in [4.69, 9.17) is 0 Å². The van der Waals surface area contributed by atoms with Gasteiger partial charge in [-0.15, -0.1) is 0 Å². The van der Waals surface area contributed by atoms with Crippen molar-refractivity contribution in [3.63, 3.8) is 0 Å². The Hall–Kier alpha value is -3.20. The zero-order valence-corrected chi connectivity index (χ0v) is 24.5. The van der Waals surface area contributed by atoms with Crippen LogP contribution in [-0.4, -0.2) is 121 Å². The van der Waals surface area contributed by atoms with Crippen LogP contribution >= 0.6 is 0 Å². The second-order valence-electron chi connectivity index (χ2n) is 10.2. The maximum atomic E-state index is 13.7. The Balaban J connectivity index is 5.71. The number of carbonyl (C=O) groups is 2. The summed E-state index contributed by atoms with van der Waals surface area (Å²) < 4.78 is 394. The lowest BCUT2D eigenvalue weighted by Crippen LogP contribution is -2.74. The summed E-state index contributed by atoms with van der Waals surface area (Å²) in [6, 6.07) is 0. The summed E-state index contributed by atoms with van der Waals surface area (Å²) in [6.45, 7) is -6.44. The van der Waals surface area contributed by atoms with Gasteiger partial charge in [0, 0.05) is 26.2 Å². The number of alkyl halides is 30. The van der Waals surface area contributed by atoms with Gasteiger partial charge in [0.15, 0.2) is 0 Å². The molecule has 0 unspecified atom stereocenters. The summed E-state index contributed by atoms with van der Waals surface area (Å²) in [7, 11) is 0. The van der Waals surface area contributed by atoms with Crippen molar-refractivity contribution in [3.05, 3.63) is 0 Å². The maximum Gasteiger partial charge on any atom is 0.460 e. The average molecular weight is 895 g/mol. The first-order valence-corrected chi connectivity index (χ1v) is 12.5. The SMILES string of the molecule is O=C(NCCNCCNC(=O)C(F)(F)C(F)(F)C(F)(F)C(F)(F)C(F)(F)C(F)(F)C(F)(F)F)C(F)(F)C(F)(F)C(F)(F)C(F)(F)C(F)(F)C(F)(F)C(F)(F)F. The van der Waals surface area contributed by atoms with Crippen LogP contribution in [0, 0.1) is 0 Å². The molecule has 0 saturated heterocycles. The van der Waals surface area contributed by atoms with Crippen molar-refractivity contribution in [2.45, 2.75) is 83.4 Å². The van der Waals surface area contributed by atoms with Gasteiger partial charge in [-0.3, -0.25) is 9.59 Å². The van der Waals surface area contributed by atoms with E-state index in [1.54, 1.807) is 0 Å². The molecule has 35 heteroatoms. The lowest BCUT2D eigenvalue weighted by atomic mass is 9.91. The molecule has 0 radical (unpaired) electrons. The molecule has 0 aromatic rings. The number of hydrogen-bond acceptors (Lipinski definition) is 3. The van der Waals surface area contributed by atoms with Crippen LogP contribution in [0.15, 0.2) is 0 Å². The van der Waals surface area contributed by atoms with Crippen LogP contribution in [0.4, 0.5) is 132 Å². The van der Waals surface area contributed by atoms with E-state index >= 15 is 0 Å². The highest BCUT2D eigenvalue weighted by molar-refractivity contribution is 5.85. The van der Waals surface area contributed by atoms with Crippen molar-refractivity contribution in [3.8, 4) is 0 Å². The Kier molecular flexibility index (Phi) is 13.5. The molecule has 0 bridgehead atoms. The minimum Gasteiger partial charge on any atom is -0.349 e. The number of nitrogens with one attached hydrogen (secondary N) is 3. The summed E-state index contributed by atoms with van der Waals surface area (Å²) >= 11 is 0. The standard InChI is InChI=1S/C20H11F30N3O2/c21-7(22,9(25,26)11(29,30)13(33,34)15(37,38)17(41,42)19(45,46)47)5(54)52-3-1-51-2-4-53-6(55)8(23,24)10(27,28)12(31,32)14(35,36)16(39,40)18(43,44)20(48,49)50/h51H,1-4H2,(H,52,54)(H,53,55). The first-order valence-electron chi connectivity index (χ1n) is 12.5. The van der Waals surface area contributed by atoms with Crippen LogP contribution in [-0.2, 0) is 9.59 Å². The van der Waals surface area contributed by atoms with Crippen LogP contribution in [0.25, 0.3) is 0 Å². The highest BCUT2D eigenvalue weighted by Gasteiger charge is 2.95. The van der Waals surface area contributed by atoms with Crippen molar-refractivity contribution >= 4 is 11.8 Å². The molecule has 3 N–H and O–H groups in total. The highest BCUT2D eigenvalue weighted by atomic mass is 19.4. The molecule has 0 rings (SSSR count). The molecule has 328 valence electrons. The van der Waals surface area contributed by atoms with Gasteiger partial charge in [0.2, 0.25) is 0 Å². The predicted molar refractivity (Wildman–Crippen MR) is 110 cm³/mol. The van der Waals surface area contributed by atoms with E-state index in [1.165, 1.54) is 5.32 Å².